The van der Waals surface area contributed by atoms with Crippen LogP contribution in [0.1, 0.15) is 27.7 Å². The van der Waals surface area contributed by atoms with Gasteiger partial charge in [-0.15, -0.1) is 0 Å². The summed E-state index contributed by atoms with van der Waals surface area (Å²) in [4.78, 5) is 30.6. The van der Waals surface area contributed by atoms with Crippen LogP contribution in [-0.2, 0) is 0 Å². The first-order valence-electron chi connectivity index (χ1n) is 9.96. The van der Waals surface area contributed by atoms with E-state index in [9.17, 15) is 9.59 Å². The monoisotopic (exact) mass is 482 g/mol. The van der Waals surface area contributed by atoms with Crippen molar-refractivity contribution in [3.63, 3.8) is 0 Å². The second-order valence-electron chi connectivity index (χ2n) is 7.69. The molecule has 1 aliphatic heterocycles. The lowest BCUT2D eigenvalue weighted by atomic mass is 9.98. The second-order valence-corrected chi connectivity index (χ2v) is 8.61. The fourth-order valence-electron chi connectivity index (χ4n) is 3.81. The van der Waals surface area contributed by atoms with Gasteiger partial charge in [-0.25, -0.2) is 0 Å². The molecule has 0 radical (unpaired) electrons. The van der Waals surface area contributed by atoms with E-state index >= 15 is 0 Å². The highest BCUT2D eigenvalue weighted by Gasteiger charge is 2.42. The third-order valence-electron chi connectivity index (χ3n) is 5.26. The van der Waals surface area contributed by atoms with Crippen molar-refractivity contribution in [3.05, 3.63) is 86.7 Å². The van der Waals surface area contributed by atoms with Crippen LogP contribution in [0, 0.1) is 0 Å². The highest BCUT2D eigenvalue weighted by molar-refractivity contribution is 9.10. The van der Waals surface area contributed by atoms with E-state index in [-0.39, 0.29) is 17.1 Å². The van der Waals surface area contributed by atoms with Crippen molar-refractivity contribution in [2.45, 2.75) is 6.04 Å². The number of fused-ring (bicyclic) bond motifs is 2. The molecule has 1 aromatic heterocycles. The van der Waals surface area contributed by atoms with Crippen LogP contribution in [0.25, 0.3) is 11.0 Å². The van der Waals surface area contributed by atoms with Gasteiger partial charge >= 0.3 is 0 Å². The first-order chi connectivity index (χ1) is 14.9. The molecule has 1 atom stereocenters. The Hall–Kier alpha value is -2.90. The van der Waals surface area contributed by atoms with Crippen LogP contribution in [0.15, 0.2) is 68.8 Å². The van der Waals surface area contributed by atoms with Crippen LogP contribution in [0.3, 0.4) is 0 Å². The maximum absolute atomic E-state index is 13.5. The average molecular weight is 483 g/mol. The first kappa shape index (κ1) is 21.3. The Bertz CT molecular complexity index is 1220. The second kappa shape index (κ2) is 8.69. The summed E-state index contributed by atoms with van der Waals surface area (Å²) in [7, 11) is 3.89. The molecule has 6 nitrogen and oxygen atoms in total. The molecule has 0 saturated carbocycles. The van der Waals surface area contributed by atoms with Crippen LogP contribution < -0.4 is 10.2 Å². The highest BCUT2D eigenvalue weighted by atomic mass is 79.9. The van der Waals surface area contributed by atoms with Gasteiger partial charge in [0, 0.05) is 17.6 Å². The zero-order valence-electron chi connectivity index (χ0n) is 17.4. The summed E-state index contributed by atoms with van der Waals surface area (Å²) < 4.78 is 12.4. The first-order valence-corrected chi connectivity index (χ1v) is 10.8. The molecule has 4 rings (SSSR count). The fourth-order valence-corrected chi connectivity index (χ4v) is 4.17. The SMILES string of the molecule is C=CCOc1cccc(C2c3c(oc4ccc(Br)cc4c3=O)C(=O)N2CCN(C)C)c1. The lowest BCUT2D eigenvalue weighted by Gasteiger charge is -2.26. The molecule has 0 bridgehead atoms. The van der Waals surface area contributed by atoms with E-state index < -0.39 is 6.04 Å². The molecule has 31 heavy (non-hydrogen) atoms. The minimum Gasteiger partial charge on any atom is -0.490 e. The number of amides is 1. The van der Waals surface area contributed by atoms with Crippen LogP contribution >= 0.6 is 15.9 Å². The predicted octanol–water partition coefficient (Wildman–Crippen LogP) is 4.23. The van der Waals surface area contributed by atoms with Gasteiger partial charge in [-0.1, -0.05) is 40.7 Å². The Morgan fingerprint density at radius 1 is 1.23 bits per heavy atom. The number of halogens is 1. The number of carbonyl (C=O) groups excluding carboxylic acids is 1. The number of nitrogens with zero attached hydrogens (tertiary/aromatic N) is 2. The summed E-state index contributed by atoms with van der Waals surface area (Å²) in [5, 5.41) is 0.444. The van der Waals surface area contributed by atoms with Crippen LogP contribution in [0.2, 0.25) is 0 Å². The van der Waals surface area contributed by atoms with E-state index in [1.165, 1.54) is 0 Å². The molecule has 0 aliphatic carbocycles. The predicted molar refractivity (Wildman–Crippen MR) is 124 cm³/mol. The van der Waals surface area contributed by atoms with E-state index in [0.717, 1.165) is 10.0 Å². The standard InChI is InChI=1S/C24H23BrN2O4/c1-4-12-30-17-7-5-6-15(13-17)21-20-22(28)18-14-16(25)8-9-19(18)31-23(20)24(29)27(21)11-10-26(2)3/h4-9,13-14,21H,1,10-12H2,2-3H3. The minimum atomic E-state index is -0.547. The summed E-state index contributed by atoms with van der Waals surface area (Å²) in [6, 6.07) is 12.2. The van der Waals surface area contributed by atoms with Gasteiger partial charge in [0.1, 0.15) is 17.9 Å². The Morgan fingerprint density at radius 2 is 2.03 bits per heavy atom. The van der Waals surface area contributed by atoms with E-state index in [0.29, 0.717) is 42.0 Å². The summed E-state index contributed by atoms with van der Waals surface area (Å²) in [6.07, 6.45) is 1.67. The summed E-state index contributed by atoms with van der Waals surface area (Å²) in [5.74, 6) is 0.487. The fraction of sp³-hybridized carbons (Fsp3) is 0.250. The number of hydrogen-bond donors (Lipinski definition) is 0. The zero-order valence-corrected chi connectivity index (χ0v) is 19.0. The van der Waals surface area contributed by atoms with Gasteiger partial charge < -0.3 is 19.0 Å². The lowest BCUT2D eigenvalue weighted by molar-refractivity contribution is 0.0716. The molecule has 0 fully saturated rings. The molecule has 2 aromatic carbocycles. The summed E-state index contributed by atoms with van der Waals surface area (Å²) in [5.41, 5.74) is 1.38. The number of ether oxygens (including phenoxy) is 1. The maximum atomic E-state index is 13.5. The smallest absolute Gasteiger partial charge is 0.290 e. The van der Waals surface area contributed by atoms with Crippen molar-refractivity contribution in [2.24, 2.45) is 0 Å². The molecule has 0 saturated heterocycles. The molecule has 1 unspecified atom stereocenters. The quantitative estimate of drug-likeness (QED) is 0.471. The van der Waals surface area contributed by atoms with Crippen molar-refractivity contribution in [1.82, 2.24) is 9.80 Å². The van der Waals surface area contributed by atoms with Gasteiger partial charge in [0.25, 0.3) is 5.91 Å². The van der Waals surface area contributed by atoms with Gasteiger partial charge in [0.05, 0.1) is 17.0 Å². The van der Waals surface area contributed by atoms with Crippen LogP contribution in [-0.4, -0.2) is 49.5 Å². The Labute approximate surface area is 188 Å². The zero-order chi connectivity index (χ0) is 22.1. The molecule has 3 aromatic rings. The average Bonchev–Trinajstić information content (AvgIpc) is 3.03. The van der Waals surface area contributed by atoms with Crippen molar-refractivity contribution in [2.75, 3.05) is 33.8 Å². The summed E-state index contributed by atoms with van der Waals surface area (Å²) in [6.45, 7) is 5.16. The van der Waals surface area contributed by atoms with E-state index in [4.69, 9.17) is 9.15 Å². The Kier molecular flexibility index (Phi) is 5.98. The largest absolute Gasteiger partial charge is 0.490 e. The molecule has 1 amide bonds. The third-order valence-corrected chi connectivity index (χ3v) is 5.75. The van der Waals surface area contributed by atoms with Crippen molar-refractivity contribution >= 4 is 32.8 Å². The molecule has 1 aliphatic rings. The number of carbonyl (C=O) groups is 1. The topological polar surface area (TPSA) is 63.0 Å². The molecular formula is C24H23BrN2O4. The maximum Gasteiger partial charge on any atom is 0.290 e. The third kappa shape index (κ3) is 4.03. The lowest BCUT2D eigenvalue weighted by Crippen LogP contribution is -2.35. The van der Waals surface area contributed by atoms with Gasteiger partial charge in [0.15, 0.2) is 5.43 Å². The van der Waals surface area contributed by atoms with Gasteiger partial charge in [-0.2, -0.15) is 0 Å². The van der Waals surface area contributed by atoms with Crippen molar-refractivity contribution < 1.29 is 13.9 Å². The van der Waals surface area contributed by atoms with E-state index in [2.05, 4.69) is 22.5 Å². The van der Waals surface area contributed by atoms with Crippen LogP contribution in [0.4, 0.5) is 0 Å². The summed E-state index contributed by atoms with van der Waals surface area (Å²) >= 11 is 3.42. The number of benzene rings is 2. The molecule has 7 heteroatoms. The van der Waals surface area contributed by atoms with Crippen molar-refractivity contribution in [1.29, 1.82) is 0 Å². The number of likely N-dealkylation sites (N-methyl/N-ethyl adjacent to an activating group) is 1. The van der Waals surface area contributed by atoms with Gasteiger partial charge in [-0.05, 0) is 50.0 Å². The van der Waals surface area contributed by atoms with Crippen molar-refractivity contribution in [3.8, 4) is 5.75 Å². The molecule has 0 N–H and O–H groups in total. The highest BCUT2D eigenvalue weighted by Crippen LogP contribution is 2.39. The Balaban J connectivity index is 1.90. The molecular weight excluding hydrogens is 460 g/mol. The molecule has 0 spiro atoms. The van der Waals surface area contributed by atoms with Gasteiger partial charge in [0.2, 0.25) is 5.76 Å². The van der Waals surface area contributed by atoms with Crippen LogP contribution in [0.5, 0.6) is 5.75 Å². The van der Waals surface area contributed by atoms with Gasteiger partial charge in [-0.3, -0.25) is 9.59 Å². The Morgan fingerprint density at radius 3 is 2.77 bits per heavy atom. The number of hydrogen-bond acceptors (Lipinski definition) is 5. The normalized spacial score (nSPS) is 15.5. The number of rotatable bonds is 7. The minimum absolute atomic E-state index is 0.112. The molecule has 160 valence electrons. The molecule has 2 heterocycles. The van der Waals surface area contributed by atoms with E-state index in [1.54, 1.807) is 29.2 Å². The van der Waals surface area contributed by atoms with E-state index in [1.807, 2.05) is 43.3 Å².